The van der Waals surface area contributed by atoms with Gasteiger partial charge in [0.25, 0.3) is 0 Å². The zero-order valence-electron chi connectivity index (χ0n) is 18.8. The number of hydrogen-bond donors (Lipinski definition) is 1. The first-order valence-electron chi connectivity index (χ1n) is 11.3. The zero-order valence-corrected chi connectivity index (χ0v) is 19.6. The minimum atomic E-state index is -0.232. The number of anilines is 1. The highest BCUT2D eigenvalue weighted by molar-refractivity contribution is 8.00. The second kappa shape index (κ2) is 10.4. The van der Waals surface area contributed by atoms with Gasteiger partial charge in [-0.1, -0.05) is 11.8 Å². The van der Waals surface area contributed by atoms with Gasteiger partial charge in [0.1, 0.15) is 10.8 Å². The summed E-state index contributed by atoms with van der Waals surface area (Å²) >= 11 is 1.36. The molecule has 0 saturated carbocycles. The summed E-state index contributed by atoms with van der Waals surface area (Å²) < 4.78 is 7.24. The molecule has 2 heterocycles. The van der Waals surface area contributed by atoms with E-state index in [1.165, 1.54) is 11.8 Å². The Kier molecular flexibility index (Phi) is 7.36. The second-order valence-corrected chi connectivity index (χ2v) is 9.16. The Balaban J connectivity index is 1.46. The van der Waals surface area contributed by atoms with Crippen LogP contribution in [0.1, 0.15) is 31.0 Å². The molecule has 1 aliphatic carbocycles. The molecule has 1 aliphatic heterocycles. The summed E-state index contributed by atoms with van der Waals surface area (Å²) in [7, 11) is 2.10. The fourth-order valence-electron chi connectivity index (χ4n) is 4.21. The number of fused-ring (bicyclic) bond motifs is 1. The van der Waals surface area contributed by atoms with Crippen LogP contribution >= 0.6 is 11.8 Å². The molecule has 0 radical (unpaired) electrons. The van der Waals surface area contributed by atoms with Crippen LogP contribution in [0, 0.1) is 0 Å². The standard InChI is InChI=1S/C23H31N5O3S/c1-3-31-18-10-8-17(9-11-18)24-21(29)16-32-22-19-6-4-5-7-20(19)28(23(30)25-22)27-14-12-26(2)13-15-27/h8-11H,3-7,12-16H2,1-2H3,(H,24,29). The van der Waals surface area contributed by atoms with Gasteiger partial charge in [0, 0.05) is 37.4 Å². The van der Waals surface area contributed by atoms with E-state index in [0.29, 0.717) is 11.6 Å². The molecule has 1 aromatic heterocycles. The lowest BCUT2D eigenvalue weighted by Crippen LogP contribution is -2.54. The normalized spacial score (nSPS) is 16.5. The summed E-state index contributed by atoms with van der Waals surface area (Å²) in [6.45, 7) is 6.05. The first-order chi connectivity index (χ1) is 15.5. The quantitative estimate of drug-likeness (QED) is 0.504. The van der Waals surface area contributed by atoms with E-state index in [-0.39, 0.29) is 17.3 Å². The maximum Gasteiger partial charge on any atom is 0.367 e. The molecular formula is C23H31N5O3S. The predicted octanol–water partition coefficient (Wildman–Crippen LogP) is 2.13. The number of rotatable bonds is 7. The smallest absolute Gasteiger partial charge is 0.367 e. The molecule has 2 aliphatic rings. The topological polar surface area (TPSA) is 79.7 Å². The number of likely N-dealkylation sites (N-methyl/N-ethyl adjacent to an activating group) is 1. The molecule has 1 N–H and O–H groups in total. The molecule has 172 valence electrons. The van der Waals surface area contributed by atoms with E-state index in [9.17, 15) is 9.59 Å². The van der Waals surface area contributed by atoms with Gasteiger partial charge in [0.05, 0.1) is 18.1 Å². The Morgan fingerprint density at radius 2 is 1.84 bits per heavy atom. The molecule has 1 fully saturated rings. The Labute approximate surface area is 192 Å². The molecule has 2 aromatic rings. The third-order valence-corrected chi connectivity index (χ3v) is 6.90. The van der Waals surface area contributed by atoms with Gasteiger partial charge in [-0.2, -0.15) is 4.98 Å². The number of ether oxygens (including phenoxy) is 1. The largest absolute Gasteiger partial charge is 0.494 e. The van der Waals surface area contributed by atoms with Crippen molar-refractivity contribution < 1.29 is 9.53 Å². The van der Waals surface area contributed by atoms with Crippen molar-refractivity contribution in [2.75, 3.05) is 55.9 Å². The van der Waals surface area contributed by atoms with Gasteiger partial charge in [-0.3, -0.25) is 4.79 Å². The van der Waals surface area contributed by atoms with Crippen LogP contribution in [0.5, 0.6) is 5.75 Å². The SMILES string of the molecule is CCOc1ccc(NC(=O)CSc2nc(=O)n(N3CCN(C)CC3)c3c2CCCC3)cc1. The molecule has 1 amide bonds. The van der Waals surface area contributed by atoms with Crippen LogP contribution in [-0.4, -0.2) is 66.1 Å². The summed E-state index contributed by atoms with van der Waals surface area (Å²) in [6.07, 6.45) is 3.94. The highest BCUT2D eigenvalue weighted by Gasteiger charge is 2.25. The number of carbonyl (C=O) groups excluding carboxylic acids is 1. The maximum absolute atomic E-state index is 13.0. The van der Waals surface area contributed by atoms with E-state index >= 15 is 0 Å². The second-order valence-electron chi connectivity index (χ2n) is 8.19. The average Bonchev–Trinajstić information content (AvgIpc) is 2.80. The van der Waals surface area contributed by atoms with E-state index in [2.05, 4.69) is 27.3 Å². The van der Waals surface area contributed by atoms with Crippen LogP contribution in [0.4, 0.5) is 5.69 Å². The van der Waals surface area contributed by atoms with Crippen molar-refractivity contribution >= 4 is 23.4 Å². The summed E-state index contributed by atoms with van der Waals surface area (Å²) in [5.74, 6) is 0.871. The minimum absolute atomic E-state index is 0.117. The van der Waals surface area contributed by atoms with Crippen molar-refractivity contribution in [1.29, 1.82) is 0 Å². The van der Waals surface area contributed by atoms with Crippen molar-refractivity contribution in [1.82, 2.24) is 14.6 Å². The molecule has 0 atom stereocenters. The first-order valence-corrected chi connectivity index (χ1v) is 12.3. The summed E-state index contributed by atoms with van der Waals surface area (Å²) in [5, 5.41) is 5.74. The van der Waals surface area contributed by atoms with Gasteiger partial charge < -0.3 is 20.0 Å². The Hall–Kier alpha value is -2.52. The van der Waals surface area contributed by atoms with Gasteiger partial charge in [-0.15, -0.1) is 0 Å². The van der Waals surface area contributed by atoms with Crippen LogP contribution < -0.4 is 20.8 Å². The van der Waals surface area contributed by atoms with Crippen molar-refractivity contribution in [2.45, 2.75) is 37.6 Å². The van der Waals surface area contributed by atoms with Gasteiger partial charge in [-0.25, -0.2) is 9.47 Å². The third-order valence-electron chi connectivity index (χ3n) is 5.88. The molecule has 1 saturated heterocycles. The van der Waals surface area contributed by atoms with Crippen molar-refractivity contribution in [3.63, 3.8) is 0 Å². The van der Waals surface area contributed by atoms with Crippen LogP contribution in [0.15, 0.2) is 34.1 Å². The molecule has 1 aromatic carbocycles. The number of nitrogens with zero attached hydrogens (tertiary/aromatic N) is 4. The maximum atomic E-state index is 13.0. The van der Waals surface area contributed by atoms with E-state index in [1.807, 2.05) is 35.9 Å². The number of nitrogens with one attached hydrogen (secondary N) is 1. The number of carbonyl (C=O) groups is 1. The van der Waals surface area contributed by atoms with Gasteiger partial charge in [0.15, 0.2) is 0 Å². The molecule has 0 spiro atoms. The number of amides is 1. The summed E-state index contributed by atoms with van der Waals surface area (Å²) in [4.78, 5) is 32.2. The van der Waals surface area contributed by atoms with Gasteiger partial charge in [-0.05, 0) is 63.9 Å². The number of thioether (sulfide) groups is 1. The summed E-state index contributed by atoms with van der Waals surface area (Å²) in [6, 6.07) is 7.32. The highest BCUT2D eigenvalue weighted by Crippen LogP contribution is 2.29. The Bertz CT molecular complexity index is 1000. The fourth-order valence-corrected chi connectivity index (χ4v) is 5.09. The van der Waals surface area contributed by atoms with Crippen molar-refractivity contribution in [3.05, 3.63) is 46.0 Å². The van der Waals surface area contributed by atoms with Crippen molar-refractivity contribution in [3.8, 4) is 5.75 Å². The number of benzene rings is 1. The Morgan fingerprint density at radius 1 is 1.12 bits per heavy atom. The minimum Gasteiger partial charge on any atom is -0.494 e. The van der Waals surface area contributed by atoms with E-state index in [4.69, 9.17) is 4.74 Å². The number of aromatic nitrogens is 2. The third kappa shape index (κ3) is 5.27. The molecule has 0 bridgehead atoms. The monoisotopic (exact) mass is 457 g/mol. The number of hydrogen-bond acceptors (Lipinski definition) is 7. The summed E-state index contributed by atoms with van der Waals surface area (Å²) in [5.41, 5.74) is 2.70. The van der Waals surface area contributed by atoms with Crippen LogP contribution in [0.25, 0.3) is 0 Å². The average molecular weight is 458 g/mol. The lowest BCUT2D eigenvalue weighted by atomic mass is 9.97. The van der Waals surface area contributed by atoms with Crippen LogP contribution in [0.3, 0.4) is 0 Å². The lowest BCUT2D eigenvalue weighted by Gasteiger charge is -2.37. The fraction of sp³-hybridized carbons (Fsp3) is 0.522. The van der Waals surface area contributed by atoms with Crippen molar-refractivity contribution in [2.24, 2.45) is 0 Å². The van der Waals surface area contributed by atoms with Gasteiger partial charge >= 0.3 is 5.69 Å². The Morgan fingerprint density at radius 3 is 2.56 bits per heavy atom. The van der Waals surface area contributed by atoms with Gasteiger partial charge in [0.2, 0.25) is 5.91 Å². The van der Waals surface area contributed by atoms with Crippen LogP contribution in [0.2, 0.25) is 0 Å². The van der Waals surface area contributed by atoms with E-state index in [0.717, 1.165) is 74.6 Å². The van der Waals surface area contributed by atoms with E-state index in [1.54, 1.807) is 0 Å². The predicted molar refractivity (Wildman–Crippen MR) is 128 cm³/mol. The molecule has 8 nitrogen and oxygen atoms in total. The number of piperazine rings is 1. The molecule has 32 heavy (non-hydrogen) atoms. The van der Waals surface area contributed by atoms with E-state index < -0.39 is 0 Å². The zero-order chi connectivity index (χ0) is 22.5. The molecule has 9 heteroatoms. The lowest BCUT2D eigenvalue weighted by molar-refractivity contribution is -0.113. The first kappa shape index (κ1) is 22.7. The highest BCUT2D eigenvalue weighted by atomic mass is 32.2. The molecule has 0 unspecified atom stereocenters. The molecular weight excluding hydrogens is 426 g/mol. The van der Waals surface area contributed by atoms with Crippen LogP contribution in [-0.2, 0) is 17.6 Å². The molecule has 4 rings (SSSR count).